The molecule has 0 radical (unpaired) electrons. The summed E-state index contributed by atoms with van der Waals surface area (Å²) in [5.74, 6) is 5.49. The number of phenolic OH excluding ortho intramolecular Hbond substituents is 1. The molecule has 5 nitrogen and oxygen atoms in total. The average molecular weight is 275 g/mol. The molecular formula is C13H13N3O2S. The lowest BCUT2D eigenvalue weighted by Crippen LogP contribution is -2.30. The van der Waals surface area contributed by atoms with Crippen molar-refractivity contribution in [2.24, 2.45) is 5.84 Å². The first-order chi connectivity index (χ1) is 9.19. The maximum absolute atomic E-state index is 11.3. The van der Waals surface area contributed by atoms with E-state index in [1.54, 1.807) is 30.3 Å². The Morgan fingerprint density at radius 2 is 2.11 bits per heavy atom. The van der Waals surface area contributed by atoms with Crippen LogP contribution in [0.5, 0.6) is 5.75 Å². The Morgan fingerprint density at radius 3 is 2.84 bits per heavy atom. The minimum Gasteiger partial charge on any atom is -0.508 e. The first-order valence-corrected chi connectivity index (χ1v) is 6.56. The summed E-state index contributed by atoms with van der Waals surface area (Å²) in [6.45, 7) is 0. The number of hydrogen-bond acceptors (Lipinski definition) is 5. The summed E-state index contributed by atoms with van der Waals surface area (Å²) < 4.78 is 0. The number of carbonyl (C=O) groups is 1. The molecule has 0 fully saturated rings. The molecule has 0 aliphatic heterocycles. The van der Waals surface area contributed by atoms with Gasteiger partial charge in [0, 0.05) is 10.6 Å². The van der Waals surface area contributed by atoms with Crippen LogP contribution in [0.3, 0.4) is 0 Å². The summed E-state index contributed by atoms with van der Waals surface area (Å²) in [5, 5.41) is 9.36. The standard InChI is InChI=1S/C13H13N3O2S/c14-16-13(18)12-6-1-3-9(15-12)8-19-11-5-2-4-10(17)7-11/h1-7,17H,8,14H2,(H,16,18). The topological polar surface area (TPSA) is 88.2 Å². The molecule has 0 bridgehead atoms. The first-order valence-electron chi connectivity index (χ1n) is 5.58. The fraction of sp³-hybridized carbons (Fsp3) is 0.0769. The van der Waals surface area contributed by atoms with E-state index in [1.807, 2.05) is 17.6 Å². The van der Waals surface area contributed by atoms with Gasteiger partial charge in [-0.3, -0.25) is 10.2 Å². The molecule has 0 aliphatic carbocycles. The SMILES string of the molecule is NNC(=O)c1cccc(CSc2cccc(O)c2)n1. The van der Waals surface area contributed by atoms with Gasteiger partial charge in [-0.25, -0.2) is 10.8 Å². The normalized spacial score (nSPS) is 10.2. The fourth-order valence-electron chi connectivity index (χ4n) is 1.49. The Kier molecular flexibility index (Phi) is 4.38. The van der Waals surface area contributed by atoms with Gasteiger partial charge in [-0.15, -0.1) is 11.8 Å². The molecule has 0 saturated heterocycles. The number of hydrazine groups is 1. The molecule has 0 spiro atoms. The number of benzene rings is 1. The average Bonchev–Trinajstić information content (AvgIpc) is 2.45. The number of aromatic nitrogens is 1. The Morgan fingerprint density at radius 1 is 1.32 bits per heavy atom. The van der Waals surface area contributed by atoms with Crippen LogP contribution in [-0.2, 0) is 5.75 Å². The van der Waals surface area contributed by atoms with Gasteiger partial charge in [-0.2, -0.15) is 0 Å². The van der Waals surface area contributed by atoms with E-state index in [0.29, 0.717) is 5.75 Å². The quantitative estimate of drug-likeness (QED) is 0.342. The Labute approximate surface area is 114 Å². The molecule has 0 unspecified atom stereocenters. The predicted molar refractivity (Wildman–Crippen MR) is 73.6 cm³/mol. The summed E-state index contributed by atoms with van der Waals surface area (Å²) in [6.07, 6.45) is 0. The number of rotatable bonds is 4. The van der Waals surface area contributed by atoms with Gasteiger partial charge < -0.3 is 5.11 Å². The number of nitrogens with two attached hydrogens (primary N) is 1. The van der Waals surface area contributed by atoms with Crippen LogP contribution in [-0.4, -0.2) is 16.0 Å². The number of nitrogens with zero attached hydrogens (tertiary/aromatic N) is 1. The highest BCUT2D eigenvalue weighted by Crippen LogP contribution is 2.24. The highest BCUT2D eigenvalue weighted by Gasteiger charge is 2.06. The summed E-state index contributed by atoms with van der Waals surface area (Å²) >= 11 is 1.53. The summed E-state index contributed by atoms with van der Waals surface area (Å²) in [6, 6.07) is 12.2. The lowest BCUT2D eigenvalue weighted by Gasteiger charge is -2.04. The van der Waals surface area contributed by atoms with E-state index in [4.69, 9.17) is 5.84 Å². The van der Waals surface area contributed by atoms with Gasteiger partial charge in [0.15, 0.2) is 0 Å². The smallest absolute Gasteiger partial charge is 0.283 e. The van der Waals surface area contributed by atoms with Crippen molar-refractivity contribution < 1.29 is 9.90 Å². The maximum Gasteiger partial charge on any atom is 0.283 e. The third-order valence-electron chi connectivity index (χ3n) is 2.37. The summed E-state index contributed by atoms with van der Waals surface area (Å²) in [5.41, 5.74) is 3.11. The van der Waals surface area contributed by atoms with Crippen LogP contribution in [0.15, 0.2) is 47.4 Å². The van der Waals surface area contributed by atoms with Crippen LogP contribution in [0.25, 0.3) is 0 Å². The minimum atomic E-state index is -0.413. The van der Waals surface area contributed by atoms with Crippen molar-refractivity contribution in [2.75, 3.05) is 0 Å². The molecule has 0 aliphatic rings. The van der Waals surface area contributed by atoms with Crippen molar-refractivity contribution >= 4 is 17.7 Å². The lowest BCUT2D eigenvalue weighted by atomic mass is 10.3. The predicted octanol–water partition coefficient (Wildman–Crippen LogP) is 1.68. The van der Waals surface area contributed by atoms with Crippen LogP contribution >= 0.6 is 11.8 Å². The zero-order chi connectivity index (χ0) is 13.7. The number of amides is 1. The fourth-order valence-corrected chi connectivity index (χ4v) is 2.35. The molecule has 4 N–H and O–H groups in total. The molecule has 0 saturated carbocycles. The Hall–Kier alpha value is -2.05. The number of aromatic hydroxyl groups is 1. The molecule has 1 aromatic carbocycles. The number of nitrogens with one attached hydrogen (secondary N) is 1. The number of pyridine rings is 1. The number of thioether (sulfide) groups is 1. The van der Waals surface area contributed by atoms with E-state index in [1.165, 1.54) is 11.8 Å². The van der Waals surface area contributed by atoms with Gasteiger partial charge in [0.2, 0.25) is 0 Å². The van der Waals surface area contributed by atoms with Crippen molar-refractivity contribution in [3.8, 4) is 5.75 Å². The van der Waals surface area contributed by atoms with Crippen LogP contribution in [0, 0.1) is 0 Å². The summed E-state index contributed by atoms with van der Waals surface area (Å²) in [4.78, 5) is 16.5. The van der Waals surface area contributed by atoms with Gasteiger partial charge in [-0.1, -0.05) is 12.1 Å². The molecule has 2 rings (SSSR count). The number of carbonyl (C=O) groups excluding carboxylic acids is 1. The minimum absolute atomic E-state index is 0.231. The molecule has 1 amide bonds. The van der Waals surface area contributed by atoms with Crippen LogP contribution in [0.4, 0.5) is 0 Å². The second-order valence-corrected chi connectivity index (χ2v) is 4.82. The zero-order valence-corrected chi connectivity index (χ0v) is 10.9. The van der Waals surface area contributed by atoms with E-state index in [9.17, 15) is 9.90 Å². The molecule has 2 aromatic rings. The highest BCUT2D eigenvalue weighted by atomic mass is 32.2. The number of nitrogen functional groups attached to an aromatic ring is 1. The molecular weight excluding hydrogens is 262 g/mol. The molecule has 0 atom stereocenters. The van der Waals surface area contributed by atoms with Crippen molar-refractivity contribution in [2.45, 2.75) is 10.6 Å². The van der Waals surface area contributed by atoms with Gasteiger partial charge in [-0.05, 0) is 30.3 Å². The zero-order valence-electron chi connectivity index (χ0n) is 10.0. The van der Waals surface area contributed by atoms with E-state index < -0.39 is 5.91 Å². The maximum atomic E-state index is 11.3. The largest absolute Gasteiger partial charge is 0.508 e. The molecule has 98 valence electrons. The molecule has 6 heteroatoms. The van der Waals surface area contributed by atoms with Crippen molar-refractivity contribution in [1.29, 1.82) is 0 Å². The molecule has 1 heterocycles. The van der Waals surface area contributed by atoms with Gasteiger partial charge in [0.05, 0.1) is 5.69 Å². The van der Waals surface area contributed by atoms with Gasteiger partial charge >= 0.3 is 0 Å². The van der Waals surface area contributed by atoms with Crippen molar-refractivity contribution in [3.05, 3.63) is 53.9 Å². The lowest BCUT2D eigenvalue weighted by molar-refractivity contribution is 0.0948. The van der Waals surface area contributed by atoms with Crippen LogP contribution in [0.2, 0.25) is 0 Å². The summed E-state index contributed by atoms with van der Waals surface area (Å²) in [7, 11) is 0. The third kappa shape index (κ3) is 3.70. The molecule has 1 aromatic heterocycles. The highest BCUT2D eigenvalue weighted by molar-refractivity contribution is 7.98. The first kappa shape index (κ1) is 13.4. The van der Waals surface area contributed by atoms with E-state index in [0.717, 1.165) is 10.6 Å². The number of hydrogen-bond donors (Lipinski definition) is 3. The van der Waals surface area contributed by atoms with E-state index in [-0.39, 0.29) is 11.4 Å². The van der Waals surface area contributed by atoms with Gasteiger partial charge in [0.1, 0.15) is 11.4 Å². The third-order valence-corrected chi connectivity index (χ3v) is 3.40. The van der Waals surface area contributed by atoms with Crippen molar-refractivity contribution in [3.63, 3.8) is 0 Å². The number of phenols is 1. The second-order valence-electron chi connectivity index (χ2n) is 3.77. The van der Waals surface area contributed by atoms with Crippen LogP contribution < -0.4 is 11.3 Å². The second kappa shape index (κ2) is 6.21. The Balaban J connectivity index is 2.05. The molecule has 19 heavy (non-hydrogen) atoms. The van der Waals surface area contributed by atoms with Crippen molar-refractivity contribution in [1.82, 2.24) is 10.4 Å². The monoisotopic (exact) mass is 275 g/mol. The van der Waals surface area contributed by atoms with Crippen LogP contribution in [0.1, 0.15) is 16.2 Å². The Bertz CT molecular complexity index is 590. The van der Waals surface area contributed by atoms with E-state index in [2.05, 4.69) is 4.98 Å². The van der Waals surface area contributed by atoms with E-state index >= 15 is 0 Å². The van der Waals surface area contributed by atoms with Gasteiger partial charge in [0.25, 0.3) is 5.91 Å².